The molecule has 0 spiro atoms. The Balaban J connectivity index is 2.78. The lowest BCUT2D eigenvalue weighted by Crippen LogP contribution is -2.38. The highest BCUT2D eigenvalue weighted by atomic mass is 19.4. The van der Waals surface area contributed by atoms with Gasteiger partial charge in [0, 0.05) is 12.6 Å². The summed E-state index contributed by atoms with van der Waals surface area (Å²) in [5.74, 6) is -0.982. The second-order valence-corrected chi connectivity index (χ2v) is 3.27. The second-order valence-electron chi connectivity index (χ2n) is 3.27. The molecule has 0 atom stereocenters. The number of rotatable bonds is 3. The lowest BCUT2D eigenvalue weighted by atomic mass is 10.3. The SMILES string of the molecule is CCN(CC(F)(F)F)C(=O)c1cc(C)no1. The molecule has 1 rings (SSSR count). The number of carbonyl (C=O) groups excluding carboxylic acids is 1. The molecule has 4 nitrogen and oxygen atoms in total. The monoisotopic (exact) mass is 236 g/mol. The number of hydrogen-bond donors (Lipinski definition) is 0. The lowest BCUT2D eigenvalue weighted by molar-refractivity contribution is -0.140. The predicted molar refractivity (Wildman–Crippen MR) is 48.9 cm³/mol. The van der Waals surface area contributed by atoms with Gasteiger partial charge in [0.25, 0.3) is 5.91 Å². The van der Waals surface area contributed by atoms with Gasteiger partial charge in [0.2, 0.25) is 5.76 Å². The quantitative estimate of drug-likeness (QED) is 0.806. The molecular formula is C9H11F3N2O2. The summed E-state index contributed by atoms with van der Waals surface area (Å²) in [6, 6.07) is 1.31. The smallest absolute Gasteiger partial charge is 0.351 e. The van der Waals surface area contributed by atoms with E-state index in [1.54, 1.807) is 6.92 Å². The van der Waals surface area contributed by atoms with Crippen LogP contribution in [0.25, 0.3) is 0 Å². The molecule has 0 bridgehead atoms. The largest absolute Gasteiger partial charge is 0.406 e. The molecule has 1 amide bonds. The Morgan fingerprint density at radius 1 is 1.56 bits per heavy atom. The summed E-state index contributed by atoms with van der Waals surface area (Å²) in [6.45, 7) is 1.72. The first-order valence-electron chi connectivity index (χ1n) is 4.63. The molecule has 0 unspecified atom stereocenters. The first-order chi connectivity index (χ1) is 7.33. The fourth-order valence-electron chi connectivity index (χ4n) is 1.16. The molecule has 16 heavy (non-hydrogen) atoms. The van der Waals surface area contributed by atoms with Gasteiger partial charge >= 0.3 is 6.18 Å². The summed E-state index contributed by atoms with van der Waals surface area (Å²) in [5, 5.41) is 3.45. The predicted octanol–water partition coefficient (Wildman–Crippen LogP) is 2.01. The van der Waals surface area contributed by atoms with Crippen molar-refractivity contribution in [3.63, 3.8) is 0 Å². The minimum absolute atomic E-state index is 0.0436. The maximum absolute atomic E-state index is 12.1. The molecule has 1 aromatic heterocycles. The van der Waals surface area contributed by atoms with E-state index in [1.807, 2.05) is 0 Å². The standard InChI is InChI=1S/C9H11F3N2O2/c1-3-14(5-9(10,11)12)8(15)7-4-6(2)13-16-7/h4H,3,5H2,1-2H3. The minimum atomic E-state index is -4.42. The Labute approximate surface area is 90.0 Å². The first-order valence-corrected chi connectivity index (χ1v) is 4.63. The fourth-order valence-corrected chi connectivity index (χ4v) is 1.16. The number of carbonyl (C=O) groups is 1. The Morgan fingerprint density at radius 2 is 2.19 bits per heavy atom. The van der Waals surface area contributed by atoms with E-state index in [-0.39, 0.29) is 12.3 Å². The van der Waals surface area contributed by atoms with Crippen molar-refractivity contribution < 1.29 is 22.5 Å². The van der Waals surface area contributed by atoms with Crippen LogP contribution >= 0.6 is 0 Å². The number of hydrogen-bond acceptors (Lipinski definition) is 3. The van der Waals surface area contributed by atoms with Crippen molar-refractivity contribution in [1.82, 2.24) is 10.1 Å². The van der Waals surface area contributed by atoms with Crippen LogP contribution in [0.15, 0.2) is 10.6 Å². The zero-order valence-corrected chi connectivity index (χ0v) is 8.84. The van der Waals surface area contributed by atoms with Crippen molar-refractivity contribution in [3.8, 4) is 0 Å². The zero-order valence-electron chi connectivity index (χ0n) is 8.84. The molecule has 90 valence electrons. The molecule has 7 heteroatoms. The molecule has 0 aliphatic heterocycles. The van der Waals surface area contributed by atoms with Crippen LogP contribution in [0.2, 0.25) is 0 Å². The van der Waals surface area contributed by atoms with Gasteiger partial charge in [-0.15, -0.1) is 0 Å². The Hall–Kier alpha value is -1.53. The Kier molecular flexibility index (Phi) is 3.56. The van der Waals surface area contributed by atoms with Crippen molar-refractivity contribution >= 4 is 5.91 Å². The highest BCUT2D eigenvalue weighted by Gasteiger charge is 2.33. The molecule has 0 aliphatic carbocycles. The third kappa shape index (κ3) is 3.25. The fraction of sp³-hybridized carbons (Fsp3) is 0.556. The minimum Gasteiger partial charge on any atom is -0.351 e. The van der Waals surface area contributed by atoms with E-state index < -0.39 is 18.6 Å². The van der Waals surface area contributed by atoms with Gasteiger partial charge in [-0.1, -0.05) is 5.16 Å². The van der Waals surface area contributed by atoms with E-state index in [9.17, 15) is 18.0 Å². The molecule has 0 fully saturated rings. The van der Waals surface area contributed by atoms with Crippen LogP contribution in [0, 0.1) is 6.92 Å². The van der Waals surface area contributed by atoms with Crippen molar-refractivity contribution in [2.24, 2.45) is 0 Å². The van der Waals surface area contributed by atoms with Crippen LogP contribution in [0.4, 0.5) is 13.2 Å². The maximum atomic E-state index is 12.1. The van der Waals surface area contributed by atoms with Crippen LogP contribution < -0.4 is 0 Å². The first kappa shape index (κ1) is 12.5. The Bertz CT molecular complexity index is 373. The highest BCUT2D eigenvalue weighted by molar-refractivity contribution is 5.91. The maximum Gasteiger partial charge on any atom is 0.406 e. The van der Waals surface area contributed by atoms with Gasteiger partial charge in [0.15, 0.2) is 0 Å². The van der Waals surface area contributed by atoms with Gasteiger partial charge in [0.05, 0.1) is 5.69 Å². The van der Waals surface area contributed by atoms with Crippen LogP contribution in [0.5, 0.6) is 0 Å². The van der Waals surface area contributed by atoms with Gasteiger partial charge in [-0.3, -0.25) is 4.79 Å². The Morgan fingerprint density at radius 3 is 2.56 bits per heavy atom. The molecule has 1 heterocycles. The van der Waals surface area contributed by atoms with Crippen LogP contribution in [-0.2, 0) is 0 Å². The lowest BCUT2D eigenvalue weighted by Gasteiger charge is -2.20. The number of aromatic nitrogens is 1. The molecule has 1 aromatic rings. The van der Waals surface area contributed by atoms with E-state index in [0.717, 1.165) is 0 Å². The van der Waals surface area contributed by atoms with Gasteiger partial charge in [-0.2, -0.15) is 13.2 Å². The van der Waals surface area contributed by atoms with E-state index in [0.29, 0.717) is 10.6 Å². The van der Waals surface area contributed by atoms with E-state index in [4.69, 9.17) is 0 Å². The number of nitrogens with zero attached hydrogens (tertiary/aromatic N) is 2. The third-order valence-corrected chi connectivity index (χ3v) is 1.88. The number of aryl methyl sites for hydroxylation is 1. The number of halogens is 3. The summed E-state index contributed by atoms with van der Waals surface area (Å²) in [6.07, 6.45) is -4.42. The summed E-state index contributed by atoms with van der Waals surface area (Å²) in [4.78, 5) is 12.2. The van der Waals surface area contributed by atoms with Crippen LogP contribution in [0.3, 0.4) is 0 Å². The van der Waals surface area contributed by atoms with Crippen molar-refractivity contribution in [3.05, 3.63) is 17.5 Å². The van der Waals surface area contributed by atoms with Crippen molar-refractivity contribution in [2.45, 2.75) is 20.0 Å². The van der Waals surface area contributed by atoms with E-state index in [2.05, 4.69) is 9.68 Å². The van der Waals surface area contributed by atoms with E-state index in [1.165, 1.54) is 13.0 Å². The van der Waals surface area contributed by atoms with Crippen molar-refractivity contribution in [1.29, 1.82) is 0 Å². The topological polar surface area (TPSA) is 46.3 Å². The molecule has 0 N–H and O–H groups in total. The highest BCUT2D eigenvalue weighted by Crippen LogP contribution is 2.18. The van der Waals surface area contributed by atoms with Crippen LogP contribution in [0.1, 0.15) is 23.2 Å². The molecule has 0 saturated carbocycles. The zero-order chi connectivity index (χ0) is 12.3. The molecule has 0 saturated heterocycles. The molecular weight excluding hydrogens is 225 g/mol. The average molecular weight is 236 g/mol. The summed E-state index contributed by atoms with van der Waals surface area (Å²) in [7, 11) is 0. The number of alkyl halides is 3. The normalized spacial score (nSPS) is 11.6. The second kappa shape index (κ2) is 4.54. The van der Waals surface area contributed by atoms with Gasteiger partial charge in [-0.25, -0.2) is 0 Å². The summed E-state index contributed by atoms with van der Waals surface area (Å²) in [5.41, 5.74) is 0.450. The number of amides is 1. The van der Waals surface area contributed by atoms with Gasteiger partial charge in [-0.05, 0) is 13.8 Å². The summed E-state index contributed by atoms with van der Waals surface area (Å²) >= 11 is 0. The molecule has 0 radical (unpaired) electrons. The molecule has 0 aliphatic rings. The van der Waals surface area contributed by atoms with Gasteiger partial charge < -0.3 is 9.42 Å². The van der Waals surface area contributed by atoms with Gasteiger partial charge in [0.1, 0.15) is 6.54 Å². The molecule has 0 aromatic carbocycles. The summed E-state index contributed by atoms with van der Waals surface area (Å²) < 4.78 is 41.0. The van der Waals surface area contributed by atoms with Crippen LogP contribution in [-0.4, -0.2) is 35.2 Å². The third-order valence-electron chi connectivity index (χ3n) is 1.88. The average Bonchev–Trinajstić information content (AvgIpc) is 2.58. The van der Waals surface area contributed by atoms with E-state index >= 15 is 0 Å². The van der Waals surface area contributed by atoms with Crippen molar-refractivity contribution in [2.75, 3.05) is 13.1 Å².